The number of hydrogen-bond donors (Lipinski definition) is 1. The predicted molar refractivity (Wildman–Crippen MR) is 91.0 cm³/mol. The third-order valence-electron chi connectivity index (χ3n) is 6.86. The molecule has 1 saturated carbocycles. The summed E-state index contributed by atoms with van der Waals surface area (Å²) in [5.74, 6) is 0.736. The van der Waals surface area contributed by atoms with Gasteiger partial charge in [-0.05, 0) is 62.4 Å². The Balaban J connectivity index is 2.05. The van der Waals surface area contributed by atoms with E-state index in [0.29, 0.717) is 5.41 Å². The molecule has 1 nitrogen and oxygen atoms in total. The molecule has 1 heteroatoms. The molecule has 3 aliphatic rings. The molecule has 0 aliphatic heterocycles. The van der Waals surface area contributed by atoms with Gasteiger partial charge in [-0.2, -0.15) is 0 Å². The molecular weight excluding hydrogens is 254 g/mol. The zero-order valence-electron chi connectivity index (χ0n) is 14.3. The third kappa shape index (κ3) is 2.12. The molecule has 0 aromatic heterocycles. The lowest BCUT2D eigenvalue weighted by molar-refractivity contribution is 0.0232. The highest BCUT2D eigenvalue weighted by Gasteiger charge is 2.53. The number of fused-ring (bicyclic) bond motifs is 2. The normalized spacial score (nSPS) is 39.2. The van der Waals surface area contributed by atoms with Gasteiger partial charge in [0.2, 0.25) is 0 Å². The van der Waals surface area contributed by atoms with Gasteiger partial charge in [0.25, 0.3) is 0 Å². The molecule has 0 aromatic rings. The van der Waals surface area contributed by atoms with E-state index >= 15 is 0 Å². The van der Waals surface area contributed by atoms with E-state index in [1.165, 1.54) is 50.6 Å². The van der Waals surface area contributed by atoms with Crippen molar-refractivity contribution in [3.63, 3.8) is 0 Å². The lowest BCUT2D eigenvalue weighted by atomic mass is 9.48. The summed E-state index contributed by atoms with van der Waals surface area (Å²) < 4.78 is 0. The van der Waals surface area contributed by atoms with Crippen molar-refractivity contribution >= 4 is 0 Å². The van der Waals surface area contributed by atoms with E-state index in [0.717, 1.165) is 5.92 Å². The molecule has 0 bridgehead atoms. The molecule has 21 heavy (non-hydrogen) atoms. The van der Waals surface area contributed by atoms with Crippen molar-refractivity contribution in [1.29, 1.82) is 0 Å². The summed E-state index contributed by atoms with van der Waals surface area (Å²) in [6.07, 6.45) is 11.8. The van der Waals surface area contributed by atoms with Crippen LogP contribution in [0.15, 0.2) is 35.1 Å². The van der Waals surface area contributed by atoms with Crippen LogP contribution >= 0.6 is 0 Å². The summed E-state index contributed by atoms with van der Waals surface area (Å²) in [5, 5.41) is 3.38. The molecule has 116 valence electrons. The molecule has 3 aliphatic carbocycles. The highest BCUT2D eigenvalue weighted by Crippen LogP contribution is 2.62. The van der Waals surface area contributed by atoms with Gasteiger partial charge >= 0.3 is 0 Å². The predicted octanol–water partition coefficient (Wildman–Crippen LogP) is 5.36. The van der Waals surface area contributed by atoms with Crippen LogP contribution < -0.4 is 5.32 Å². The zero-order chi connectivity index (χ0) is 15.3. The molecule has 2 unspecified atom stereocenters. The van der Waals surface area contributed by atoms with Gasteiger partial charge in [0.05, 0.1) is 0 Å². The summed E-state index contributed by atoms with van der Waals surface area (Å²) in [7, 11) is 2.04. The lowest BCUT2D eigenvalue weighted by Gasteiger charge is -2.57. The Bertz CT molecular complexity index is 524. The summed E-state index contributed by atoms with van der Waals surface area (Å²) in [4.78, 5) is 0. The summed E-state index contributed by atoms with van der Waals surface area (Å²) in [6, 6.07) is 0. The summed E-state index contributed by atoms with van der Waals surface area (Å²) in [5.41, 5.74) is 6.91. The van der Waals surface area contributed by atoms with E-state index < -0.39 is 0 Å². The molecule has 0 spiro atoms. The molecule has 0 saturated heterocycles. The molecular formula is C20H31N. The number of allylic oxidation sites excluding steroid dienone is 5. The fourth-order valence-corrected chi connectivity index (χ4v) is 5.53. The highest BCUT2D eigenvalue weighted by atomic mass is 14.9. The first-order valence-electron chi connectivity index (χ1n) is 8.68. The minimum absolute atomic E-state index is 0.249. The van der Waals surface area contributed by atoms with Crippen molar-refractivity contribution in [2.24, 2.45) is 16.7 Å². The molecule has 0 heterocycles. The molecule has 0 aromatic carbocycles. The van der Waals surface area contributed by atoms with Gasteiger partial charge in [-0.3, -0.25) is 0 Å². The first-order valence-corrected chi connectivity index (χ1v) is 8.68. The van der Waals surface area contributed by atoms with Crippen LogP contribution in [-0.2, 0) is 0 Å². The van der Waals surface area contributed by atoms with Crippen molar-refractivity contribution in [1.82, 2.24) is 5.32 Å². The topological polar surface area (TPSA) is 12.0 Å². The van der Waals surface area contributed by atoms with Crippen LogP contribution in [0.4, 0.5) is 0 Å². The smallest absolute Gasteiger partial charge is 0.0103 e. The average Bonchev–Trinajstić information content (AvgIpc) is 2.46. The molecule has 1 N–H and O–H groups in total. The highest BCUT2D eigenvalue weighted by molar-refractivity contribution is 5.42. The molecule has 3 atom stereocenters. The van der Waals surface area contributed by atoms with E-state index in [2.05, 4.69) is 38.7 Å². The minimum Gasteiger partial charge on any atom is -0.391 e. The first-order chi connectivity index (χ1) is 9.91. The number of hydrogen-bond acceptors (Lipinski definition) is 1. The quantitative estimate of drug-likeness (QED) is 0.720. The summed E-state index contributed by atoms with van der Waals surface area (Å²) >= 11 is 0. The zero-order valence-corrected chi connectivity index (χ0v) is 14.3. The van der Waals surface area contributed by atoms with Gasteiger partial charge in [-0.1, -0.05) is 44.1 Å². The van der Waals surface area contributed by atoms with Crippen molar-refractivity contribution < 1.29 is 0 Å². The van der Waals surface area contributed by atoms with Crippen molar-refractivity contribution in [3.8, 4) is 0 Å². The standard InChI is InChI=1S/C20H31N/c1-14-7-8-16-9-10-18-19(3,15(2)21-5)11-6-12-20(18,4)17(16)13-14/h13,18,21H,2,6-12H2,1,3-5H3/t18?,19-,20?/m1/s1. The summed E-state index contributed by atoms with van der Waals surface area (Å²) in [6.45, 7) is 11.7. The maximum absolute atomic E-state index is 4.37. The second kappa shape index (κ2) is 5.04. The fraction of sp³-hybridized carbons (Fsp3) is 0.700. The van der Waals surface area contributed by atoms with Crippen molar-refractivity contribution in [2.75, 3.05) is 7.05 Å². The monoisotopic (exact) mass is 285 g/mol. The van der Waals surface area contributed by atoms with Crippen LogP contribution in [0.25, 0.3) is 0 Å². The maximum atomic E-state index is 4.37. The van der Waals surface area contributed by atoms with E-state index in [1.807, 2.05) is 7.05 Å². The van der Waals surface area contributed by atoms with Crippen LogP contribution in [0.2, 0.25) is 0 Å². The van der Waals surface area contributed by atoms with Gasteiger partial charge in [0, 0.05) is 18.2 Å². The van der Waals surface area contributed by atoms with Crippen LogP contribution in [0, 0.1) is 16.7 Å². The Morgan fingerprint density at radius 3 is 2.71 bits per heavy atom. The van der Waals surface area contributed by atoms with Gasteiger partial charge in [-0.15, -0.1) is 0 Å². The Kier molecular flexibility index (Phi) is 3.58. The molecule has 0 amide bonds. The van der Waals surface area contributed by atoms with E-state index in [-0.39, 0.29) is 5.41 Å². The second-order valence-electron chi connectivity index (χ2n) is 8.02. The van der Waals surface area contributed by atoms with Crippen LogP contribution in [0.5, 0.6) is 0 Å². The SMILES string of the molecule is C=C(NC)[C@@]1(C)CCCC2(C)C3=C(CCC(C)=C3)CCC21. The largest absolute Gasteiger partial charge is 0.391 e. The van der Waals surface area contributed by atoms with Crippen molar-refractivity contribution in [3.05, 3.63) is 35.1 Å². The van der Waals surface area contributed by atoms with E-state index in [1.54, 1.807) is 16.7 Å². The Hall–Kier alpha value is -0.980. The van der Waals surface area contributed by atoms with Crippen molar-refractivity contribution in [2.45, 2.75) is 65.7 Å². The number of rotatable bonds is 2. The Labute approximate surface area is 130 Å². The lowest BCUT2D eigenvalue weighted by Crippen LogP contribution is -2.49. The van der Waals surface area contributed by atoms with Gasteiger partial charge < -0.3 is 5.32 Å². The van der Waals surface area contributed by atoms with Gasteiger partial charge in [0.15, 0.2) is 0 Å². The maximum Gasteiger partial charge on any atom is 0.0103 e. The van der Waals surface area contributed by atoms with Crippen LogP contribution in [0.3, 0.4) is 0 Å². The van der Waals surface area contributed by atoms with Crippen LogP contribution in [-0.4, -0.2) is 7.05 Å². The first kappa shape index (κ1) is 14.9. The second-order valence-corrected chi connectivity index (χ2v) is 8.02. The van der Waals surface area contributed by atoms with E-state index in [4.69, 9.17) is 0 Å². The molecule has 0 radical (unpaired) electrons. The van der Waals surface area contributed by atoms with Gasteiger partial charge in [0.1, 0.15) is 0 Å². The fourth-order valence-electron chi connectivity index (χ4n) is 5.53. The molecule has 3 rings (SSSR count). The third-order valence-corrected chi connectivity index (χ3v) is 6.86. The Morgan fingerprint density at radius 1 is 1.24 bits per heavy atom. The van der Waals surface area contributed by atoms with E-state index in [9.17, 15) is 0 Å². The number of nitrogens with one attached hydrogen (secondary N) is 1. The average molecular weight is 285 g/mol. The minimum atomic E-state index is 0.249. The Morgan fingerprint density at radius 2 is 2.00 bits per heavy atom. The van der Waals surface area contributed by atoms with Crippen LogP contribution in [0.1, 0.15) is 65.7 Å². The molecule has 1 fully saturated rings. The van der Waals surface area contributed by atoms with Gasteiger partial charge in [-0.25, -0.2) is 0 Å².